The van der Waals surface area contributed by atoms with Crippen LogP contribution in [0.25, 0.3) is 0 Å². The average molecular weight is 283 g/mol. The molecule has 2 heterocycles. The van der Waals surface area contributed by atoms with E-state index in [0.717, 1.165) is 38.3 Å². The molecule has 110 valence electrons. The van der Waals surface area contributed by atoms with Gasteiger partial charge in [-0.2, -0.15) is 0 Å². The zero-order chi connectivity index (χ0) is 14.3. The largest absolute Gasteiger partial charge is 0.491 e. The molecule has 0 bridgehead atoms. The zero-order valence-corrected chi connectivity index (χ0v) is 12.2. The van der Waals surface area contributed by atoms with Crippen LogP contribution in [0.4, 0.5) is 5.69 Å². The number of hydrogen-bond donors (Lipinski definition) is 1. The van der Waals surface area contributed by atoms with Gasteiger partial charge in [-0.05, 0) is 23.8 Å². The number of nitrogens with zero attached hydrogens (tertiary/aromatic N) is 2. The van der Waals surface area contributed by atoms with Gasteiger partial charge in [-0.25, -0.2) is 0 Å². The van der Waals surface area contributed by atoms with Gasteiger partial charge in [0.15, 0.2) is 0 Å². The molecular formula is C17H21N3O. The Labute approximate surface area is 125 Å². The number of benzene rings is 1. The van der Waals surface area contributed by atoms with Crippen LogP contribution < -0.4 is 15.0 Å². The molecule has 2 aromatic rings. The Balaban J connectivity index is 1.62. The van der Waals surface area contributed by atoms with Crippen molar-refractivity contribution in [2.75, 3.05) is 37.7 Å². The van der Waals surface area contributed by atoms with Gasteiger partial charge in [0, 0.05) is 45.0 Å². The van der Waals surface area contributed by atoms with Crippen LogP contribution in [0.15, 0.2) is 48.8 Å². The second kappa shape index (κ2) is 7.09. The van der Waals surface area contributed by atoms with Crippen LogP contribution in [0, 0.1) is 0 Å². The molecule has 0 spiro atoms. The molecule has 1 aromatic carbocycles. The molecule has 0 unspecified atom stereocenters. The van der Waals surface area contributed by atoms with E-state index < -0.39 is 0 Å². The van der Waals surface area contributed by atoms with Gasteiger partial charge in [-0.3, -0.25) is 4.98 Å². The number of para-hydroxylation sites is 2. The van der Waals surface area contributed by atoms with Crippen molar-refractivity contribution < 1.29 is 4.74 Å². The maximum atomic E-state index is 6.00. The molecule has 1 aliphatic heterocycles. The molecule has 0 amide bonds. The van der Waals surface area contributed by atoms with Gasteiger partial charge in [0.2, 0.25) is 0 Å². The second-order valence-electron chi connectivity index (χ2n) is 5.16. The molecule has 0 aliphatic carbocycles. The van der Waals surface area contributed by atoms with E-state index in [1.165, 1.54) is 11.3 Å². The summed E-state index contributed by atoms with van der Waals surface area (Å²) in [5.74, 6) is 0.975. The van der Waals surface area contributed by atoms with E-state index in [1.807, 2.05) is 18.3 Å². The quantitative estimate of drug-likeness (QED) is 0.912. The predicted octanol–water partition coefficient (Wildman–Crippen LogP) is 2.11. The maximum absolute atomic E-state index is 6.00. The lowest BCUT2D eigenvalue weighted by Gasteiger charge is -2.30. The van der Waals surface area contributed by atoms with Gasteiger partial charge >= 0.3 is 0 Å². The summed E-state index contributed by atoms with van der Waals surface area (Å²) in [6.45, 7) is 4.80. The van der Waals surface area contributed by atoms with Crippen molar-refractivity contribution in [3.8, 4) is 5.75 Å². The minimum absolute atomic E-state index is 0.675. The molecule has 21 heavy (non-hydrogen) atoms. The highest BCUT2D eigenvalue weighted by Gasteiger charge is 2.14. The van der Waals surface area contributed by atoms with Crippen molar-refractivity contribution in [3.05, 3.63) is 54.4 Å². The first-order valence-electron chi connectivity index (χ1n) is 7.50. The molecule has 0 atom stereocenters. The first kappa shape index (κ1) is 13.9. The van der Waals surface area contributed by atoms with E-state index in [9.17, 15) is 0 Å². The third kappa shape index (κ3) is 3.73. The minimum Gasteiger partial charge on any atom is -0.491 e. The van der Waals surface area contributed by atoms with Crippen molar-refractivity contribution in [1.29, 1.82) is 0 Å². The van der Waals surface area contributed by atoms with Crippen molar-refractivity contribution in [2.45, 2.75) is 6.42 Å². The summed E-state index contributed by atoms with van der Waals surface area (Å²) in [7, 11) is 0. The van der Waals surface area contributed by atoms with Crippen LogP contribution in [-0.2, 0) is 6.42 Å². The van der Waals surface area contributed by atoms with Crippen molar-refractivity contribution in [2.24, 2.45) is 0 Å². The van der Waals surface area contributed by atoms with Crippen molar-refractivity contribution >= 4 is 5.69 Å². The highest BCUT2D eigenvalue weighted by Crippen LogP contribution is 2.28. The summed E-state index contributed by atoms with van der Waals surface area (Å²) in [5.41, 5.74) is 2.40. The highest BCUT2D eigenvalue weighted by atomic mass is 16.5. The fourth-order valence-electron chi connectivity index (χ4n) is 2.57. The van der Waals surface area contributed by atoms with Crippen LogP contribution in [0.2, 0.25) is 0 Å². The monoisotopic (exact) mass is 283 g/mol. The van der Waals surface area contributed by atoms with E-state index in [1.54, 1.807) is 6.20 Å². The summed E-state index contributed by atoms with van der Waals surface area (Å²) in [6, 6.07) is 12.4. The van der Waals surface area contributed by atoms with Gasteiger partial charge in [0.05, 0.1) is 12.3 Å². The Kier molecular flexibility index (Phi) is 4.69. The van der Waals surface area contributed by atoms with Crippen molar-refractivity contribution in [1.82, 2.24) is 10.3 Å². The molecule has 4 nitrogen and oxygen atoms in total. The summed E-state index contributed by atoms with van der Waals surface area (Å²) in [4.78, 5) is 6.52. The van der Waals surface area contributed by atoms with Gasteiger partial charge in [-0.15, -0.1) is 0 Å². The lowest BCUT2D eigenvalue weighted by atomic mass is 10.2. The van der Waals surface area contributed by atoms with Crippen LogP contribution >= 0.6 is 0 Å². The Hall–Kier alpha value is -2.07. The van der Waals surface area contributed by atoms with E-state index >= 15 is 0 Å². The lowest BCUT2D eigenvalue weighted by molar-refractivity contribution is 0.321. The van der Waals surface area contributed by atoms with Gasteiger partial charge in [0.25, 0.3) is 0 Å². The molecule has 1 fully saturated rings. The Morgan fingerprint density at radius 1 is 1.10 bits per heavy atom. The van der Waals surface area contributed by atoms with Gasteiger partial charge in [-0.1, -0.05) is 18.2 Å². The summed E-state index contributed by atoms with van der Waals surface area (Å²) < 4.78 is 6.00. The fraction of sp³-hybridized carbons (Fsp3) is 0.353. The molecule has 1 aliphatic rings. The summed E-state index contributed by atoms with van der Waals surface area (Å²) in [5, 5.41) is 3.38. The number of aromatic nitrogens is 1. The van der Waals surface area contributed by atoms with Gasteiger partial charge in [0.1, 0.15) is 5.75 Å². The second-order valence-corrected chi connectivity index (χ2v) is 5.16. The minimum atomic E-state index is 0.675. The number of hydrogen-bond acceptors (Lipinski definition) is 4. The maximum Gasteiger partial charge on any atom is 0.142 e. The number of nitrogens with one attached hydrogen (secondary N) is 1. The molecule has 4 heteroatoms. The Bertz CT molecular complexity index is 553. The molecular weight excluding hydrogens is 262 g/mol. The molecule has 0 radical (unpaired) electrons. The van der Waals surface area contributed by atoms with Crippen LogP contribution in [0.3, 0.4) is 0 Å². The Morgan fingerprint density at radius 3 is 2.76 bits per heavy atom. The topological polar surface area (TPSA) is 37.4 Å². The molecule has 1 aromatic heterocycles. The standard InChI is InChI=1S/C17H21N3O/c1-2-6-17(16(5-1)20-11-9-18-10-12-20)21-13-7-15-4-3-8-19-14-15/h1-6,8,14,18H,7,9-13H2. The van der Waals surface area contributed by atoms with E-state index in [2.05, 4.69) is 39.5 Å². The van der Waals surface area contributed by atoms with E-state index in [0.29, 0.717) is 6.61 Å². The first-order valence-corrected chi connectivity index (χ1v) is 7.50. The SMILES string of the molecule is c1cncc(CCOc2ccccc2N2CCNCC2)c1. The van der Waals surface area contributed by atoms with E-state index in [-0.39, 0.29) is 0 Å². The molecule has 1 N–H and O–H groups in total. The lowest BCUT2D eigenvalue weighted by Crippen LogP contribution is -2.43. The number of anilines is 1. The summed E-state index contributed by atoms with van der Waals surface area (Å²) in [6.07, 6.45) is 4.57. The molecule has 3 rings (SSSR count). The predicted molar refractivity (Wildman–Crippen MR) is 85.0 cm³/mol. The van der Waals surface area contributed by atoms with E-state index in [4.69, 9.17) is 4.74 Å². The van der Waals surface area contributed by atoms with Crippen LogP contribution in [-0.4, -0.2) is 37.8 Å². The zero-order valence-electron chi connectivity index (χ0n) is 12.2. The Morgan fingerprint density at radius 2 is 1.95 bits per heavy atom. The molecule has 1 saturated heterocycles. The van der Waals surface area contributed by atoms with Crippen LogP contribution in [0.1, 0.15) is 5.56 Å². The average Bonchev–Trinajstić information content (AvgIpc) is 2.57. The smallest absolute Gasteiger partial charge is 0.142 e. The third-order valence-corrected chi connectivity index (χ3v) is 3.69. The molecule has 0 saturated carbocycles. The fourth-order valence-corrected chi connectivity index (χ4v) is 2.57. The number of ether oxygens (including phenoxy) is 1. The normalized spacial score (nSPS) is 15.0. The van der Waals surface area contributed by atoms with Crippen LogP contribution in [0.5, 0.6) is 5.75 Å². The summed E-state index contributed by atoms with van der Waals surface area (Å²) >= 11 is 0. The van der Waals surface area contributed by atoms with Gasteiger partial charge < -0.3 is 15.0 Å². The first-order chi connectivity index (χ1) is 10.4. The van der Waals surface area contributed by atoms with Crippen molar-refractivity contribution in [3.63, 3.8) is 0 Å². The third-order valence-electron chi connectivity index (χ3n) is 3.69. The number of pyridine rings is 1. The highest BCUT2D eigenvalue weighted by molar-refractivity contribution is 5.58. The number of rotatable bonds is 5. The number of piperazine rings is 1.